The van der Waals surface area contributed by atoms with Gasteiger partial charge in [-0.1, -0.05) is 25.1 Å². The van der Waals surface area contributed by atoms with Crippen molar-refractivity contribution < 1.29 is 9.90 Å². The molecule has 146 valence electrons. The number of fused-ring (bicyclic) bond motifs is 2. The number of carboxylic acids is 1. The fourth-order valence-corrected chi connectivity index (χ4v) is 5.01. The standard InChI is InChI=1S/C22H24N2O3S/c1-4-17-23-19-18(20(25)24(17)22(2,3)21(26)27)16(12-28-19)15-10-9-13-7-5-6-8-14(13)11-15/h9-12H,4-8H2,1-3H3,(H,26,27). The number of aromatic nitrogens is 2. The summed E-state index contributed by atoms with van der Waals surface area (Å²) in [4.78, 5) is 30.6. The number of hydrogen-bond acceptors (Lipinski definition) is 4. The monoisotopic (exact) mass is 396 g/mol. The first-order valence-corrected chi connectivity index (χ1v) is 10.6. The summed E-state index contributed by atoms with van der Waals surface area (Å²) in [6.07, 6.45) is 5.10. The van der Waals surface area contributed by atoms with Crippen LogP contribution in [0.2, 0.25) is 0 Å². The molecule has 0 radical (unpaired) electrons. The number of rotatable bonds is 4. The minimum absolute atomic E-state index is 0.275. The van der Waals surface area contributed by atoms with Crippen LogP contribution in [0.1, 0.15) is 50.6 Å². The lowest BCUT2D eigenvalue weighted by molar-refractivity contribution is -0.146. The number of aliphatic carboxylic acids is 1. The van der Waals surface area contributed by atoms with Gasteiger partial charge in [0.05, 0.1) is 5.39 Å². The molecule has 0 saturated carbocycles. The maximum absolute atomic E-state index is 13.5. The zero-order valence-electron chi connectivity index (χ0n) is 16.4. The first kappa shape index (κ1) is 18.9. The van der Waals surface area contributed by atoms with Crippen molar-refractivity contribution in [2.75, 3.05) is 0 Å². The van der Waals surface area contributed by atoms with Gasteiger partial charge in [0.2, 0.25) is 0 Å². The quantitative estimate of drug-likeness (QED) is 0.710. The molecule has 0 saturated heterocycles. The molecule has 2 aromatic heterocycles. The molecule has 1 aromatic carbocycles. The summed E-state index contributed by atoms with van der Waals surface area (Å²) in [5.74, 6) is -0.542. The predicted octanol–water partition coefficient (Wildman–Crippen LogP) is 4.39. The van der Waals surface area contributed by atoms with Gasteiger partial charge in [-0.05, 0) is 56.2 Å². The topological polar surface area (TPSA) is 72.2 Å². The van der Waals surface area contributed by atoms with Crippen molar-refractivity contribution in [3.8, 4) is 11.1 Å². The van der Waals surface area contributed by atoms with Gasteiger partial charge < -0.3 is 5.11 Å². The van der Waals surface area contributed by atoms with E-state index in [9.17, 15) is 14.7 Å². The van der Waals surface area contributed by atoms with Crippen LogP contribution in [0.25, 0.3) is 21.3 Å². The number of carbonyl (C=O) groups is 1. The van der Waals surface area contributed by atoms with Gasteiger partial charge in [-0.2, -0.15) is 0 Å². The summed E-state index contributed by atoms with van der Waals surface area (Å²) >= 11 is 1.45. The summed E-state index contributed by atoms with van der Waals surface area (Å²) in [5.41, 5.74) is 2.97. The van der Waals surface area contributed by atoms with E-state index < -0.39 is 11.5 Å². The summed E-state index contributed by atoms with van der Waals surface area (Å²) in [5, 5.41) is 12.2. The predicted molar refractivity (Wildman–Crippen MR) is 112 cm³/mol. The van der Waals surface area contributed by atoms with Crippen molar-refractivity contribution in [3.05, 3.63) is 50.9 Å². The summed E-state index contributed by atoms with van der Waals surface area (Å²) < 4.78 is 1.35. The van der Waals surface area contributed by atoms with Crippen LogP contribution in [0.15, 0.2) is 28.4 Å². The zero-order valence-corrected chi connectivity index (χ0v) is 17.2. The number of aryl methyl sites for hydroxylation is 3. The SMILES string of the molecule is CCc1nc2scc(-c3ccc4c(c3)CCCC4)c2c(=O)n1C(C)(C)C(=O)O. The van der Waals surface area contributed by atoms with Gasteiger partial charge in [0.25, 0.3) is 5.56 Å². The van der Waals surface area contributed by atoms with Crippen molar-refractivity contribution in [1.82, 2.24) is 9.55 Å². The molecular weight excluding hydrogens is 372 g/mol. The zero-order chi connectivity index (χ0) is 20.1. The molecule has 0 aliphatic heterocycles. The van der Waals surface area contributed by atoms with Crippen LogP contribution in [-0.2, 0) is 29.6 Å². The van der Waals surface area contributed by atoms with E-state index in [0.29, 0.717) is 22.5 Å². The lowest BCUT2D eigenvalue weighted by atomic mass is 9.89. The van der Waals surface area contributed by atoms with E-state index in [1.807, 2.05) is 12.3 Å². The van der Waals surface area contributed by atoms with Crippen LogP contribution < -0.4 is 5.56 Å². The average molecular weight is 397 g/mol. The third-order valence-corrected chi connectivity index (χ3v) is 6.61. The second-order valence-corrected chi connectivity index (χ2v) is 8.76. The number of benzene rings is 1. The third kappa shape index (κ3) is 2.87. The fraction of sp³-hybridized carbons (Fsp3) is 0.409. The van der Waals surface area contributed by atoms with Gasteiger partial charge in [0, 0.05) is 17.4 Å². The van der Waals surface area contributed by atoms with E-state index in [4.69, 9.17) is 0 Å². The Labute approximate surface area is 167 Å². The third-order valence-electron chi connectivity index (χ3n) is 5.74. The normalized spacial score (nSPS) is 14.2. The summed E-state index contributed by atoms with van der Waals surface area (Å²) in [7, 11) is 0. The smallest absolute Gasteiger partial charge is 0.329 e. The Morgan fingerprint density at radius 1 is 1.25 bits per heavy atom. The average Bonchev–Trinajstić information content (AvgIpc) is 3.11. The molecule has 1 aliphatic rings. The van der Waals surface area contributed by atoms with Gasteiger partial charge in [0.1, 0.15) is 16.2 Å². The fourth-order valence-electron chi connectivity index (χ4n) is 4.06. The summed E-state index contributed by atoms with van der Waals surface area (Å²) in [6.45, 7) is 4.99. The molecule has 4 rings (SSSR count). The van der Waals surface area contributed by atoms with Gasteiger partial charge in [0.15, 0.2) is 0 Å². The highest BCUT2D eigenvalue weighted by atomic mass is 32.1. The number of carboxylic acid groups (broad SMARTS) is 1. The van der Waals surface area contributed by atoms with Crippen molar-refractivity contribution >= 4 is 27.5 Å². The Bertz CT molecular complexity index is 1140. The van der Waals surface area contributed by atoms with Crippen molar-refractivity contribution in [2.45, 2.75) is 58.4 Å². The molecule has 0 bridgehead atoms. The van der Waals surface area contributed by atoms with Crippen LogP contribution in [0, 0.1) is 0 Å². The molecule has 5 nitrogen and oxygen atoms in total. The molecule has 28 heavy (non-hydrogen) atoms. The maximum Gasteiger partial charge on any atom is 0.329 e. The Morgan fingerprint density at radius 3 is 2.64 bits per heavy atom. The highest BCUT2D eigenvalue weighted by Gasteiger charge is 2.34. The number of hydrogen-bond donors (Lipinski definition) is 1. The van der Waals surface area contributed by atoms with Crippen LogP contribution in [0.3, 0.4) is 0 Å². The molecule has 0 fully saturated rings. The lowest BCUT2D eigenvalue weighted by Crippen LogP contribution is -2.44. The van der Waals surface area contributed by atoms with Crippen molar-refractivity contribution in [3.63, 3.8) is 0 Å². The van der Waals surface area contributed by atoms with Gasteiger partial charge in [-0.25, -0.2) is 9.78 Å². The maximum atomic E-state index is 13.5. The molecule has 1 aliphatic carbocycles. The van der Waals surface area contributed by atoms with E-state index in [2.05, 4.69) is 23.2 Å². The molecule has 0 unspecified atom stereocenters. The largest absolute Gasteiger partial charge is 0.480 e. The minimum Gasteiger partial charge on any atom is -0.480 e. The Morgan fingerprint density at radius 2 is 1.96 bits per heavy atom. The van der Waals surface area contributed by atoms with E-state index >= 15 is 0 Å². The van der Waals surface area contributed by atoms with Crippen LogP contribution in [-0.4, -0.2) is 20.6 Å². The van der Waals surface area contributed by atoms with Crippen molar-refractivity contribution in [1.29, 1.82) is 0 Å². The van der Waals surface area contributed by atoms with Crippen LogP contribution >= 0.6 is 11.3 Å². The molecule has 2 heterocycles. The number of thiophene rings is 1. The van der Waals surface area contributed by atoms with E-state index in [0.717, 1.165) is 24.0 Å². The lowest BCUT2D eigenvalue weighted by Gasteiger charge is -2.25. The molecular formula is C22H24N2O3S. The Hall–Kier alpha value is -2.47. The molecule has 0 spiro atoms. The minimum atomic E-state index is -1.36. The highest BCUT2D eigenvalue weighted by molar-refractivity contribution is 7.17. The molecule has 1 N–H and O–H groups in total. The van der Waals surface area contributed by atoms with Gasteiger partial charge >= 0.3 is 5.97 Å². The van der Waals surface area contributed by atoms with Crippen LogP contribution in [0.4, 0.5) is 0 Å². The Balaban J connectivity index is 1.98. The molecule has 3 aromatic rings. The molecule has 6 heteroatoms. The molecule has 0 atom stereocenters. The van der Waals surface area contributed by atoms with E-state index in [-0.39, 0.29) is 5.56 Å². The first-order chi connectivity index (χ1) is 13.3. The highest BCUT2D eigenvalue weighted by Crippen LogP contribution is 2.34. The summed E-state index contributed by atoms with van der Waals surface area (Å²) in [6, 6.07) is 6.43. The van der Waals surface area contributed by atoms with Gasteiger partial charge in [-0.3, -0.25) is 9.36 Å². The molecule has 0 amide bonds. The van der Waals surface area contributed by atoms with Gasteiger partial charge in [-0.15, -0.1) is 11.3 Å². The van der Waals surface area contributed by atoms with Crippen molar-refractivity contribution in [2.24, 2.45) is 0 Å². The second kappa shape index (κ2) is 6.85. The first-order valence-electron chi connectivity index (χ1n) is 9.73. The second-order valence-electron chi connectivity index (χ2n) is 7.91. The van der Waals surface area contributed by atoms with Crippen LogP contribution in [0.5, 0.6) is 0 Å². The Kier molecular flexibility index (Phi) is 4.62. The number of nitrogens with zero attached hydrogens (tertiary/aromatic N) is 2. The van der Waals surface area contributed by atoms with E-state index in [1.165, 1.54) is 39.9 Å². The van der Waals surface area contributed by atoms with E-state index in [1.54, 1.807) is 13.8 Å².